The average Bonchev–Trinajstić information content (AvgIpc) is 1.08. The van der Waals surface area contributed by atoms with E-state index < -0.39 is 178 Å². The van der Waals surface area contributed by atoms with E-state index in [4.69, 9.17) is 37.9 Å². The number of nitrogens with zero attached hydrogens (tertiary/aromatic N) is 3. The highest BCUT2D eigenvalue weighted by Gasteiger charge is 2.55. The molecule has 0 radical (unpaired) electrons. The predicted molar refractivity (Wildman–Crippen MR) is 410 cm³/mol. The highest BCUT2D eigenvalue weighted by Crippen LogP contribution is 2.41. The number of fused-ring (bicyclic) bond motifs is 1. The fourth-order valence-electron chi connectivity index (χ4n) is 16.6. The largest absolute Gasteiger partial charge is 0.459 e. The molecule has 0 unspecified atom stereocenters. The van der Waals surface area contributed by atoms with E-state index in [1.54, 1.807) is 149 Å². The standard InChI is InChI=1S/C46H66N2O12S.C36H60N2O10/c1-11-37-46(8,54)40(50)31(6)47(9)26-27(2)25-45(7,53)41(29(4)38(49)30(5)42(51)58-37)60-44-39(59-43(52)33-18-13-12-14-19-33)36(23-28(3)57-44)48(10)61(55,56)35-22-21-32-17-15-16-20-34(32)24-35;1-11-27-36(8,44)30(40)24(6)38(10)19-20(2)18-35(7,43)31(22(4)28(39)23(5)32(41)46-27)48-34-29(26(37-9)17-21(3)45-34)47-33(42)25-15-13-12-14-16-25/h12-22,24,27-31,36-41,44,49-50,53-54H,11,23,25-26H2,1-10H3;12-16,20-24,26-31,34,37,39-40,43-44H,11,17-19H2,1-10H3/t27-,28-,29+,30-,31-,36+,37-,38+,39-,40-,41-,44+,45-,46-;20-,21-,22+,23-,24-,26+,27-,28+,29-,30-,31-,34+,35-,36-/m11/s1. The molecule has 0 aromatic heterocycles. The number of aliphatic hydroxyl groups is 8. The minimum atomic E-state index is -4.22. The van der Waals surface area contributed by atoms with Gasteiger partial charge in [0.2, 0.25) is 10.0 Å². The van der Waals surface area contributed by atoms with Crippen LogP contribution in [0.3, 0.4) is 0 Å². The number of esters is 4. The fraction of sp³-hybridized carbons (Fsp3) is 0.683. The number of cyclic esters (lactones) is 2. The van der Waals surface area contributed by atoms with E-state index in [-0.39, 0.29) is 66.5 Å². The third kappa shape index (κ3) is 21.6. The van der Waals surface area contributed by atoms with Crippen LogP contribution in [0, 0.1) is 35.5 Å². The van der Waals surface area contributed by atoms with Crippen molar-refractivity contribution in [3.63, 3.8) is 0 Å². The number of nitrogens with one attached hydrogen (secondary N) is 1. The van der Waals surface area contributed by atoms with Gasteiger partial charge in [0.15, 0.2) is 24.8 Å². The van der Waals surface area contributed by atoms with E-state index in [2.05, 4.69) is 5.32 Å². The molecule has 9 N–H and O–H groups in total. The van der Waals surface area contributed by atoms with Gasteiger partial charge in [0.05, 0.1) is 87.8 Å². The van der Waals surface area contributed by atoms with Crippen molar-refractivity contribution in [1.29, 1.82) is 0 Å². The predicted octanol–water partition coefficient (Wildman–Crippen LogP) is 7.25. The smallest absolute Gasteiger partial charge is 0.338 e. The molecular formula is C82H126N4O22S. The monoisotopic (exact) mass is 1550 g/mol. The number of hydrogen-bond donors (Lipinski definition) is 9. The zero-order valence-electron chi connectivity index (χ0n) is 67.4. The van der Waals surface area contributed by atoms with Crippen LogP contribution in [0.25, 0.3) is 10.8 Å². The van der Waals surface area contributed by atoms with Gasteiger partial charge >= 0.3 is 23.9 Å². The zero-order chi connectivity index (χ0) is 81.3. The summed E-state index contributed by atoms with van der Waals surface area (Å²) in [5, 5.41) is 98.8. The minimum absolute atomic E-state index is 0.0356. The Morgan fingerprint density at radius 3 is 1.37 bits per heavy atom. The van der Waals surface area contributed by atoms with Crippen LogP contribution in [-0.4, -0.2) is 261 Å². The molecule has 26 nitrogen and oxygen atoms in total. The van der Waals surface area contributed by atoms with Crippen LogP contribution in [0.4, 0.5) is 0 Å². The third-order valence-corrected chi connectivity index (χ3v) is 25.2. The first kappa shape index (κ1) is 90.5. The van der Waals surface area contributed by atoms with Gasteiger partial charge in [-0.1, -0.05) is 108 Å². The van der Waals surface area contributed by atoms with Crippen molar-refractivity contribution in [2.75, 3.05) is 41.3 Å². The summed E-state index contributed by atoms with van der Waals surface area (Å²) in [6.45, 7) is 27.7. The van der Waals surface area contributed by atoms with Crippen LogP contribution < -0.4 is 5.32 Å². The van der Waals surface area contributed by atoms with Crippen LogP contribution in [0.15, 0.2) is 108 Å². The van der Waals surface area contributed by atoms with Crippen molar-refractivity contribution >= 4 is 44.7 Å². The molecule has 0 amide bonds. The average molecular weight is 1550 g/mol. The molecule has 0 aliphatic carbocycles. The summed E-state index contributed by atoms with van der Waals surface area (Å²) < 4.78 is 80.0. The Balaban J connectivity index is 0.000000312. The zero-order valence-corrected chi connectivity index (χ0v) is 68.2. The number of carbonyl (C=O) groups excluding carboxylic acids is 4. The lowest BCUT2D eigenvalue weighted by Gasteiger charge is -2.47. The summed E-state index contributed by atoms with van der Waals surface area (Å²) in [6.07, 6.45) is -14.5. The van der Waals surface area contributed by atoms with Crippen LogP contribution in [0.1, 0.15) is 170 Å². The Labute approximate surface area is 645 Å². The summed E-state index contributed by atoms with van der Waals surface area (Å²) in [5.74, 6) is -7.47. The van der Waals surface area contributed by atoms with Crippen molar-refractivity contribution in [3.05, 3.63) is 114 Å². The molecule has 0 bridgehead atoms. The van der Waals surface area contributed by atoms with Gasteiger partial charge in [-0.15, -0.1) is 0 Å². The topological polar surface area (TPSA) is 360 Å². The lowest BCUT2D eigenvalue weighted by Crippen LogP contribution is -2.61. The van der Waals surface area contributed by atoms with Gasteiger partial charge < -0.3 is 93.9 Å². The normalized spacial score (nSPS) is 39.2. The Morgan fingerprint density at radius 1 is 0.569 bits per heavy atom. The number of benzene rings is 4. The van der Waals surface area contributed by atoms with Gasteiger partial charge in [0.25, 0.3) is 0 Å². The van der Waals surface area contributed by atoms with Gasteiger partial charge in [-0.2, -0.15) is 4.31 Å². The van der Waals surface area contributed by atoms with Crippen LogP contribution in [0.2, 0.25) is 0 Å². The van der Waals surface area contributed by atoms with Gasteiger partial charge in [-0.25, -0.2) is 18.0 Å². The number of rotatable bonds is 14. The van der Waals surface area contributed by atoms with Crippen LogP contribution in [-0.2, 0) is 57.5 Å². The molecule has 612 valence electrons. The molecular weight excluding hydrogens is 1420 g/mol. The lowest BCUT2D eigenvalue weighted by molar-refractivity contribution is -0.296. The van der Waals surface area contributed by atoms with Crippen molar-refractivity contribution in [3.8, 4) is 0 Å². The molecule has 4 fully saturated rings. The summed E-state index contributed by atoms with van der Waals surface area (Å²) in [5.41, 5.74) is -6.38. The second kappa shape index (κ2) is 38.0. The van der Waals surface area contributed by atoms with E-state index >= 15 is 0 Å². The molecule has 4 heterocycles. The molecule has 4 aromatic rings. The van der Waals surface area contributed by atoms with Crippen LogP contribution in [0.5, 0.6) is 0 Å². The maximum atomic E-state index is 14.5. The van der Waals surface area contributed by atoms with Gasteiger partial charge in [-0.05, 0) is 188 Å². The summed E-state index contributed by atoms with van der Waals surface area (Å²) in [7, 11) is 2.57. The lowest BCUT2D eigenvalue weighted by atomic mass is 9.78. The van der Waals surface area contributed by atoms with Crippen LogP contribution >= 0.6 is 0 Å². The number of hydrogen-bond acceptors (Lipinski definition) is 25. The van der Waals surface area contributed by atoms with Crippen molar-refractivity contribution in [1.82, 2.24) is 19.4 Å². The molecule has 4 aliphatic heterocycles. The van der Waals surface area contributed by atoms with Gasteiger partial charge in [0.1, 0.15) is 35.6 Å². The number of likely N-dealkylation sites (N-methyl/N-ethyl adjacent to an activating group) is 4. The molecule has 4 aromatic carbocycles. The first-order valence-corrected chi connectivity index (χ1v) is 40.0. The highest BCUT2D eigenvalue weighted by atomic mass is 32.2. The second-order valence-corrected chi connectivity index (χ2v) is 34.7. The Bertz CT molecular complexity index is 3700. The quantitative estimate of drug-likeness (QED) is 0.0443. The summed E-state index contributed by atoms with van der Waals surface area (Å²) in [6, 6.07) is 26.6. The molecule has 0 saturated carbocycles. The molecule has 28 atom stereocenters. The van der Waals surface area contributed by atoms with Crippen molar-refractivity contribution in [2.45, 2.75) is 287 Å². The molecule has 4 aliphatic rings. The molecule has 0 spiro atoms. The number of carbonyl (C=O) groups is 4. The molecule has 27 heteroatoms. The van der Waals surface area contributed by atoms with Crippen molar-refractivity contribution < 1.29 is 106 Å². The summed E-state index contributed by atoms with van der Waals surface area (Å²) >= 11 is 0. The Hall–Kier alpha value is -5.67. The van der Waals surface area contributed by atoms with E-state index in [1.807, 2.05) is 61.9 Å². The van der Waals surface area contributed by atoms with E-state index in [1.165, 1.54) is 45.1 Å². The first-order chi connectivity index (χ1) is 50.9. The Morgan fingerprint density at radius 2 is 0.954 bits per heavy atom. The van der Waals surface area contributed by atoms with Gasteiger partial charge in [-0.3, -0.25) is 9.59 Å². The molecule has 4 saturated heterocycles. The third-order valence-electron chi connectivity index (χ3n) is 23.3. The van der Waals surface area contributed by atoms with Crippen molar-refractivity contribution in [2.24, 2.45) is 35.5 Å². The maximum absolute atomic E-state index is 14.5. The number of ether oxygens (including phenoxy) is 8. The van der Waals surface area contributed by atoms with E-state index in [0.29, 0.717) is 25.1 Å². The van der Waals surface area contributed by atoms with E-state index in [9.17, 15) is 68.4 Å². The minimum Gasteiger partial charge on any atom is -0.459 e. The molecule has 109 heavy (non-hydrogen) atoms. The highest BCUT2D eigenvalue weighted by molar-refractivity contribution is 7.89. The summed E-state index contributed by atoms with van der Waals surface area (Å²) in [4.78, 5) is 58.1. The van der Waals surface area contributed by atoms with E-state index in [0.717, 1.165) is 10.8 Å². The second-order valence-electron chi connectivity index (χ2n) is 32.7. The Kier molecular flexibility index (Phi) is 31.5. The number of sulfonamides is 1. The maximum Gasteiger partial charge on any atom is 0.338 e. The number of aliphatic hydroxyl groups excluding tert-OH is 4. The first-order valence-electron chi connectivity index (χ1n) is 38.6. The van der Waals surface area contributed by atoms with Gasteiger partial charge in [0, 0.05) is 44.1 Å². The SMILES string of the molecule is CC[C@H]1OC(=O)[C@H](C)[C@@H](O)[C@H](C)[C@@H](O[C@@H]2O[C@H](C)C[C@H](N(C)S(=O)(=O)c3ccc4ccccc4c3)[C@H]2OC(=O)c2ccccc2)[C@](C)(O)C[C@@H](C)CN(C)[C@H](C)[C@@H](O)[C@]1(C)O.CC[C@H]1OC(=O)[C@H](C)[C@@H](O)[C@H](C)[C@@H](O[C@@H]2O[C@H](C)C[C@H](NC)[C@H]2OC(=O)c2ccccc2)[C@](C)(O)C[C@@H](C)CN(C)[C@H](C)[C@@H](O)[C@]1(C)O. The molecule has 8 rings (SSSR count). The fourth-order valence-corrected chi connectivity index (χ4v) is 18.0.